The molecule has 0 atom stereocenters. The lowest BCUT2D eigenvalue weighted by atomic mass is 10.1. The number of imide groups is 2. The number of urea groups is 1. The number of hydrogen-bond donors (Lipinski definition) is 0. The van der Waals surface area contributed by atoms with Gasteiger partial charge in [-0.05, 0) is 42.8 Å². The van der Waals surface area contributed by atoms with Crippen LogP contribution < -0.4 is 4.90 Å². The van der Waals surface area contributed by atoms with Crippen LogP contribution in [0.1, 0.15) is 16.7 Å². The van der Waals surface area contributed by atoms with E-state index in [0.29, 0.717) is 33.1 Å². The zero-order valence-electron chi connectivity index (χ0n) is 14.8. The highest BCUT2D eigenvalue weighted by molar-refractivity contribution is 6.52. The molecule has 1 aliphatic heterocycles. The Morgan fingerprint density at radius 2 is 1.62 bits per heavy atom. The van der Waals surface area contributed by atoms with Crippen LogP contribution in [0.3, 0.4) is 0 Å². The molecule has 0 aliphatic carbocycles. The van der Waals surface area contributed by atoms with Gasteiger partial charge in [-0.1, -0.05) is 6.07 Å². The summed E-state index contributed by atoms with van der Waals surface area (Å²) in [5.41, 5.74) is -0.613. The first-order valence-electron chi connectivity index (χ1n) is 8.12. The molecule has 1 heterocycles. The van der Waals surface area contributed by atoms with Gasteiger partial charge in [0.15, 0.2) is 0 Å². The summed E-state index contributed by atoms with van der Waals surface area (Å²) in [5, 5.41) is 10.9. The van der Waals surface area contributed by atoms with E-state index in [1.807, 2.05) is 0 Å². The Bertz CT molecular complexity index is 1030. The monoisotopic (exact) mass is 407 g/mol. The summed E-state index contributed by atoms with van der Waals surface area (Å²) >= 11 is 0. The fraction of sp³-hybridized carbons (Fsp3) is 0.167. The molecule has 3 rings (SSSR count). The number of alkyl halides is 3. The second kappa shape index (κ2) is 7.00. The number of rotatable bonds is 4. The van der Waals surface area contributed by atoms with Gasteiger partial charge in [-0.25, -0.2) is 9.69 Å². The minimum absolute atomic E-state index is 0.143. The summed E-state index contributed by atoms with van der Waals surface area (Å²) in [5.74, 6) is -2.35. The summed E-state index contributed by atoms with van der Waals surface area (Å²) in [4.78, 5) is 48.4. The number of aryl methyl sites for hydroxylation is 1. The van der Waals surface area contributed by atoms with Gasteiger partial charge in [-0.2, -0.15) is 13.2 Å². The molecule has 0 unspecified atom stereocenters. The van der Waals surface area contributed by atoms with Crippen molar-refractivity contribution in [2.45, 2.75) is 19.6 Å². The number of carbonyl (C=O) groups is 3. The van der Waals surface area contributed by atoms with Gasteiger partial charge in [0.1, 0.15) is 0 Å². The summed E-state index contributed by atoms with van der Waals surface area (Å²) in [6, 6.07) is 6.18. The van der Waals surface area contributed by atoms with E-state index in [0.717, 1.165) is 12.1 Å². The molecule has 0 bridgehead atoms. The first-order valence-corrected chi connectivity index (χ1v) is 8.12. The molecule has 8 nitrogen and oxygen atoms in total. The van der Waals surface area contributed by atoms with Crippen LogP contribution in [-0.2, 0) is 22.3 Å². The van der Waals surface area contributed by atoms with E-state index in [1.54, 1.807) is 0 Å². The molecule has 1 saturated heterocycles. The highest BCUT2D eigenvalue weighted by Gasteiger charge is 2.45. The van der Waals surface area contributed by atoms with Crippen molar-refractivity contribution in [3.63, 3.8) is 0 Å². The van der Waals surface area contributed by atoms with Crippen molar-refractivity contribution < 1.29 is 32.5 Å². The number of amides is 4. The van der Waals surface area contributed by atoms with Gasteiger partial charge in [0.05, 0.1) is 22.7 Å². The molecule has 0 radical (unpaired) electrons. The highest BCUT2D eigenvalue weighted by Crippen LogP contribution is 2.32. The zero-order valence-corrected chi connectivity index (χ0v) is 14.8. The van der Waals surface area contributed by atoms with Crippen LogP contribution in [0.25, 0.3) is 0 Å². The zero-order chi connectivity index (χ0) is 21.5. The van der Waals surface area contributed by atoms with Gasteiger partial charge in [0.2, 0.25) is 0 Å². The van der Waals surface area contributed by atoms with Crippen LogP contribution in [0.15, 0.2) is 42.5 Å². The van der Waals surface area contributed by atoms with Gasteiger partial charge in [0.25, 0.3) is 5.69 Å². The Balaban J connectivity index is 1.85. The molecule has 0 N–H and O–H groups in total. The van der Waals surface area contributed by atoms with E-state index in [2.05, 4.69) is 0 Å². The Morgan fingerprint density at radius 1 is 1.00 bits per heavy atom. The fourth-order valence-corrected chi connectivity index (χ4v) is 2.88. The third kappa shape index (κ3) is 3.66. The van der Waals surface area contributed by atoms with Crippen LogP contribution in [0.2, 0.25) is 0 Å². The van der Waals surface area contributed by atoms with Gasteiger partial charge in [-0.15, -0.1) is 0 Å². The van der Waals surface area contributed by atoms with Crippen molar-refractivity contribution in [2.75, 3.05) is 4.90 Å². The lowest BCUT2D eigenvalue weighted by Crippen LogP contribution is -2.33. The molecule has 1 fully saturated rings. The molecule has 2 aromatic rings. The number of hydrogen-bond acceptors (Lipinski definition) is 5. The predicted molar refractivity (Wildman–Crippen MR) is 92.7 cm³/mol. The van der Waals surface area contributed by atoms with E-state index in [4.69, 9.17) is 0 Å². The Morgan fingerprint density at radius 3 is 2.14 bits per heavy atom. The van der Waals surface area contributed by atoms with E-state index in [-0.39, 0.29) is 17.9 Å². The van der Waals surface area contributed by atoms with E-state index in [1.165, 1.54) is 25.1 Å². The maximum absolute atomic E-state index is 12.7. The maximum atomic E-state index is 12.7. The SMILES string of the molecule is Cc1cc(CN2C(=O)C(=O)N(c3ccc(C(F)(F)F)cc3)C2=O)ccc1[N+](=O)[O-]. The van der Waals surface area contributed by atoms with E-state index < -0.39 is 34.5 Å². The third-order valence-corrected chi connectivity index (χ3v) is 4.30. The van der Waals surface area contributed by atoms with Crippen LogP contribution in [0, 0.1) is 17.0 Å². The number of nitrogens with zero attached hydrogens (tertiary/aromatic N) is 3. The molecule has 0 saturated carbocycles. The number of carbonyl (C=O) groups excluding carboxylic acids is 3. The summed E-state index contributed by atoms with van der Waals surface area (Å²) in [7, 11) is 0. The first kappa shape index (κ1) is 20.0. The van der Waals surface area contributed by atoms with Gasteiger partial charge in [-0.3, -0.25) is 24.6 Å². The molecular weight excluding hydrogens is 395 g/mol. The number of anilines is 1. The van der Waals surface area contributed by atoms with Crippen LogP contribution in [0.5, 0.6) is 0 Å². The van der Waals surface area contributed by atoms with Crippen molar-refractivity contribution in [1.29, 1.82) is 0 Å². The van der Waals surface area contributed by atoms with Crippen molar-refractivity contribution in [2.24, 2.45) is 0 Å². The average molecular weight is 407 g/mol. The van der Waals surface area contributed by atoms with Gasteiger partial charge in [0, 0.05) is 11.6 Å². The lowest BCUT2D eigenvalue weighted by Gasteiger charge is -2.16. The number of nitro groups is 1. The topological polar surface area (TPSA) is 101 Å². The van der Waals surface area contributed by atoms with Crippen molar-refractivity contribution in [1.82, 2.24) is 4.90 Å². The first-order chi connectivity index (χ1) is 13.5. The molecule has 11 heteroatoms. The van der Waals surface area contributed by atoms with Crippen LogP contribution in [0.4, 0.5) is 29.3 Å². The number of halogens is 3. The van der Waals surface area contributed by atoms with Crippen molar-refractivity contribution >= 4 is 29.2 Å². The molecule has 2 aromatic carbocycles. The summed E-state index contributed by atoms with van der Waals surface area (Å²) in [6.45, 7) is 1.16. The second-order valence-corrected chi connectivity index (χ2v) is 6.24. The van der Waals surface area contributed by atoms with Crippen molar-refractivity contribution in [3.8, 4) is 0 Å². The highest BCUT2D eigenvalue weighted by atomic mass is 19.4. The predicted octanol–water partition coefficient (Wildman–Crippen LogP) is 3.42. The average Bonchev–Trinajstić information content (AvgIpc) is 2.84. The molecule has 0 spiro atoms. The van der Waals surface area contributed by atoms with Crippen molar-refractivity contribution in [3.05, 3.63) is 69.3 Å². The van der Waals surface area contributed by atoms with Gasteiger partial charge < -0.3 is 0 Å². The Labute approximate surface area is 161 Å². The molecule has 4 amide bonds. The normalized spacial score (nSPS) is 14.7. The minimum Gasteiger partial charge on any atom is -0.263 e. The molecule has 0 aromatic heterocycles. The smallest absolute Gasteiger partial charge is 0.263 e. The van der Waals surface area contributed by atoms with E-state index in [9.17, 15) is 37.7 Å². The quantitative estimate of drug-likeness (QED) is 0.335. The number of benzene rings is 2. The fourth-order valence-electron chi connectivity index (χ4n) is 2.88. The molecule has 150 valence electrons. The van der Waals surface area contributed by atoms with E-state index >= 15 is 0 Å². The molecular formula is C18H12F3N3O5. The Hall–Kier alpha value is -3.76. The lowest BCUT2D eigenvalue weighted by molar-refractivity contribution is -0.385. The maximum Gasteiger partial charge on any atom is 0.416 e. The molecule has 1 aliphatic rings. The summed E-state index contributed by atoms with van der Waals surface area (Å²) in [6.07, 6.45) is -4.59. The minimum atomic E-state index is -4.59. The standard InChI is InChI=1S/C18H12F3N3O5/c1-10-8-11(2-7-14(10)24(28)29)9-22-15(25)16(26)23(17(22)27)13-5-3-12(4-6-13)18(19,20)21/h2-8H,9H2,1H3. The number of nitro benzene ring substituents is 1. The third-order valence-electron chi connectivity index (χ3n) is 4.30. The van der Waals surface area contributed by atoms with Crippen LogP contribution >= 0.6 is 0 Å². The van der Waals surface area contributed by atoms with Crippen LogP contribution in [-0.4, -0.2) is 27.7 Å². The van der Waals surface area contributed by atoms with Gasteiger partial charge >= 0.3 is 24.0 Å². The molecule has 29 heavy (non-hydrogen) atoms. The largest absolute Gasteiger partial charge is 0.416 e. The second-order valence-electron chi connectivity index (χ2n) is 6.24. The summed E-state index contributed by atoms with van der Waals surface area (Å²) < 4.78 is 38.0. The Kier molecular flexibility index (Phi) is 4.83.